The van der Waals surface area contributed by atoms with E-state index < -0.39 is 25.1 Å². The van der Waals surface area contributed by atoms with Crippen molar-refractivity contribution in [2.24, 2.45) is 0 Å². The van der Waals surface area contributed by atoms with Crippen molar-refractivity contribution in [1.82, 2.24) is 5.16 Å². The summed E-state index contributed by atoms with van der Waals surface area (Å²) in [6.07, 6.45) is 3.72. The standard InChI is InChI=1S/C16H14F2N2O6/c1-23-12-8-10(2-4-11(12)26-16(17)18)3-5-15(22)24-9-14(21)19-13-6-7-25-20-13/h2-8,16H,9H2,1H3,(H,19,20,21)/b5-3+. The average Bonchev–Trinajstić information content (AvgIpc) is 3.11. The van der Waals surface area contributed by atoms with Gasteiger partial charge in [-0.15, -0.1) is 0 Å². The Labute approximate surface area is 146 Å². The van der Waals surface area contributed by atoms with E-state index in [1.807, 2.05) is 0 Å². The highest BCUT2D eigenvalue weighted by atomic mass is 19.3. The predicted molar refractivity (Wildman–Crippen MR) is 84.8 cm³/mol. The van der Waals surface area contributed by atoms with E-state index in [2.05, 4.69) is 19.7 Å². The first-order valence-electron chi connectivity index (χ1n) is 7.16. The fourth-order valence-corrected chi connectivity index (χ4v) is 1.79. The number of aromatic nitrogens is 1. The molecule has 1 aromatic heterocycles. The molecule has 26 heavy (non-hydrogen) atoms. The van der Waals surface area contributed by atoms with Crippen LogP contribution in [0.3, 0.4) is 0 Å². The van der Waals surface area contributed by atoms with Gasteiger partial charge in [-0.3, -0.25) is 4.79 Å². The van der Waals surface area contributed by atoms with Gasteiger partial charge in [0.25, 0.3) is 5.91 Å². The van der Waals surface area contributed by atoms with E-state index in [4.69, 9.17) is 9.47 Å². The molecule has 10 heteroatoms. The maximum absolute atomic E-state index is 12.3. The first-order chi connectivity index (χ1) is 12.5. The van der Waals surface area contributed by atoms with E-state index in [1.165, 1.54) is 43.7 Å². The summed E-state index contributed by atoms with van der Waals surface area (Å²) in [4.78, 5) is 23.1. The van der Waals surface area contributed by atoms with E-state index in [1.54, 1.807) is 0 Å². The molecule has 0 saturated carbocycles. The van der Waals surface area contributed by atoms with Crippen LogP contribution in [0.1, 0.15) is 5.56 Å². The van der Waals surface area contributed by atoms with Crippen molar-refractivity contribution >= 4 is 23.8 Å². The number of ether oxygens (including phenoxy) is 3. The number of hydrogen-bond donors (Lipinski definition) is 1. The van der Waals surface area contributed by atoms with Crippen molar-refractivity contribution < 1.29 is 37.1 Å². The lowest BCUT2D eigenvalue weighted by molar-refractivity contribution is -0.142. The molecular formula is C16H14F2N2O6. The van der Waals surface area contributed by atoms with E-state index in [0.29, 0.717) is 5.56 Å². The lowest BCUT2D eigenvalue weighted by atomic mass is 10.2. The number of halogens is 2. The molecule has 1 amide bonds. The second-order valence-corrected chi connectivity index (χ2v) is 4.66. The number of esters is 1. The molecule has 1 N–H and O–H groups in total. The molecule has 0 spiro atoms. The molecular weight excluding hydrogens is 354 g/mol. The summed E-state index contributed by atoms with van der Waals surface area (Å²) in [5.74, 6) is -1.22. The number of anilines is 1. The van der Waals surface area contributed by atoms with Crippen LogP contribution < -0.4 is 14.8 Å². The van der Waals surface area contributed by atoms with Crippen LogP contribution in [0.25, 0.3) is 6.08 Å². The van der Waals surface area contributed by atoms with Gasteiger partial charge < -0.3 is 24.1 Å². The second-order valence-electron chi connectivity index (χ2n) is 4.66. The number of rotatable bonds is 8. The summed E-state index contributed by atoms with van der Waals surface area (Å²) in [5.41, 5.74) is 0.479. The van der Waals surface area contributed by atoms with Crippen LogP contribution >= 0.6 is 0 Å². The Hall–Kier alpha value is -3.43. The molecule has 0 atom stereocenters. The molecule has 0 saturated heterocycles. The van der Waals surface area contributed by atoms with Crippen LogP contribution in [-0.2, 0) is 14.3 Å². The Kier molecular flexibility index (Phi) is 6.66. The zero-order valence-electron chi connectivity index (χ0n) is 13.5. The fourth-order valence-electron chi connectivity index (χ4n) is 1.79. The lowest BCUT2D eigenvalue weighted by Gasteiger charge is -2.10. The van der Waals surface area contributed by atoms with Crippen molar-refractivity contribution in [2.45, 2.75) is 6.61 Å². The van der Waals surface area contributed by atoms with E-state index in [0.717, 1.165) is 6.08 Å². The monoisotopic (exact) mass is 368 g/mol. The first kappa shape index (κ1) is 18.9. The first-order valence-corrected chi connectivity index (χ1v) is 7.16. The molecule has 2 rings (SSSR count). The number of nitrogens with zero attached hydrogens (tertiary/aromatic N) is 1. The predicted octanol–water partition coefficient (Wildman–Crippen LogP) is 2.48. The molecule has 0 radical (unpaired) electrons. The van der Waals surface area contributed by atoms with Crippen LogP contribution in [0, 0.1) is 0 Å². The van der Waals surface area contributed by atoms with Gasteiger partial charge in [-0.05, 0) is 23.8 Å². The van der Waals surface area contributed by atoms with Gasteiger partial charge in [0.05, 0.1) is 7.11 Å². The van der Waals surface area contributed by atoms with Gasteiger partial charge in [-0.2, -0.15) is 8.78 Å². The van der Waals surface area contributed by atoms with Crippen molar-refractivity contribution in [2.75, 3.05) is 19.0 Å². The summed E-state index contributed by atoms with van der Waals surface area (Å²) >= 11 is 0. The van der Waals surface area contributed by atoms with Crippen LogP contribution in [0.4, 0.5) is 14.6 Å². The molecule has 0 fully saturated rings. The Bertz CT molecular complexity index is 777. The topological polar surface area (TPSA) is 99.9 Å². The minimum atomic E-state index is -2.98. The van der Waals surface area contributed by atoms with Crippen molar-refractivity contribution in [3.05, 3.63) is 42.2 Å². The molecule has 2 aromatic rings. The summed E-state index contributed by atoms with van der Waals surface area (Å²) in [7, 11) is 1.29. The van der Waals surface area contributed by atoms with E-state index in [-0.39, 0.29) is 17.3 Å². The third-order valence-corrected chi connectivity index (χ3v) is 2.87. The lowest BCUT2D eigenvalue weighted by Crippen LogP contribution is -2.20. The van der Waals surface area contributed by atoms with Gasteiger partial charge in [0.1, 0.15) is 6.26 Å². The second kappa shape index (κ2) is 9.16. The summed E-state index contributed by atoms with van der Waals surface area (Å²) in [5, 5.41) is 5.82. The minimum Gasteiger partial charge on any atom is -0.493 e. The highest BCUT2D eigenvalue weighted by molar-refractivity contribution is 5.94. The molecule has 8 nitrogen and oxygen atoms in total. The maximum atomic E-state index is 12.3. The Morgan fingerprint density at radius 1 is 1.31 bits per heavy atom. The van der Waals surface area contributed by atoms with E-state index in [9.17, 15) is 18.4 Å². The number of hydrogen-bond acceptors (Lipinski definition) is 7. The third kappa shape index (κ3) is 5.89. The third-order valence-electron chi connectivity index (χ3n) is 2.87. The molecule has 1 aromatic carbocycles. The average molecular weight is 368 g/mol. The number of carbonyl (C=O) groups excluding carboxylic acids is 2. The fraction of sp³-hybridized carbons (Fsp3) is 0.188. The Balaban J connectivity index is 1.87. The highest BCUT2D eigenvalue weighted by Crippen LogP contribution is 2.29. The number of alkyl halides is 2. The van der Waals surface area contributed by atoms with Gasteiger partial charge in [0.2, 0.25) is 0 Å². The zero-order chi connectivity index (χ0) is 18.9. The number of nitrogens with one attached hydrogen (secondary N) is 1. The molecule has 0 unspecified atom stereocenters. The molecule has 0 aliphatic carbocycles. The van der Waals surface area contributed by atoms with Gasteiger partial charge in [-0.1, -0.05) is 11.2 Å². The van der Waals surface area contributed by atoms with Gasteiger partial charge in [0.15, 0.2) is 23.9 Å². The number of benzene rings is 1. The van der Waals surface area contributed by atoms with Crippen LogP contribution in [0.2, 0.25) is 0 Å². The normalized spacial score (nSPS) is 10.8. The molecule has 0 aliphatic rings. The molecule has 0 aliphatic heterocycles. The Morgan fingerprint density at radius 2 is 2.12 bits per heavy atom. The van der Waals surface area contributed by atoms with Gasteiger partial charge in [0, 0.05) is 12.1 Å². The van der Waals surface area contributed by atoms with E-state index >= 15 is 0 Å². The quantitative estimate of drug-likeness (QED) is 0.564. The molecule has 0 bridgehead atoms. The van der Waals surface area contributed by atoms with Gasteiger partial charge in [-0.25, -0.2) is 4.79 Å². The van der Waals surface area contributed by atoms with Crippen LogP contribution in [-0.4, -0.2) is 37.4 Å². The smallest absolute Gasteiger partial charge is 0.387 e. The van der Waals surface area contributed by atoms with Crippen molar-refractivity contribution in [3.63, 3.8) is 0 Å². The summed E-state index contributed by atoms with van der Waals surface area (Å²) < 4.78 is 43.1. The van der Waals surface area contributed by atoms with Crippen LogP contribution in [0.5, 0.6) is 11.5 Å². The molecule has 1 heterocycles. The maximum Gasteiger partial charge on any atom is 0.387 e. The largest absolute Gasteiger partial charge is 0.493 e. The number of amides is 1. The summed E-state index contributed by atoms with van der Waals surface area (Å²) in [6, 6.07) is 5.55. The molecule has 138 valence electrons. The van der Waals surface area contributed by atoms with Gasteiger partial charge >= 0.3 is 12.6 Å². The zero-order valence-corrected chi connectivity index (χ0v) is 13.5. The SMILES string of the molecule is COc1cc(/C=C/C(=O)OCC(=O)Nc2ccon2)ccc1OC(F)F. The van der Waals surface area contributed by atoms with Crippen molar-refractivity contribution in [3.8, 4) is 11.5 Å². The number of carbonyl (C=O) groups is 2. The minimum absolute atomic E-state index is 0.0767. The van der Waals surface area contributed by atoms with Crippen molar-refractivity contribution in [1.29, 1.82) is 0 Å². The Morgan fingerprint density at radius 3 is 2.77 bits per heavy atom. The highest BCUT2D eigenvalue weighted by Gasteiger charge is 2.11. The van der Waals surface area contributed by atoms with Crippen LogP contribution in [0.15, 0.2) is 41.1 Å². The number of methoxy groups -OCH3 is 1. The summed E-state index contributed by atoms with van der Waals surface area (Å²) in [6.45, 7) is -3.50.